The molecule has 0 unspecified atom stereocenters. The monoisotopic (exact) mass is 258 g/mol. The quantitative estimate of drug-likeness (QED) is 0.914. The number of H-pyrrole nitrogens is 1. The summed E-state index contributed by atoms with van der Waals surface area (Å²) in [6, 6.07) is 1.91. The van der Waals surface area contributed by atoms with Crippen LogP contribution in [0, 0.1) is 0 Å². The van der Waals surface area contributed by atoms with Crippen molar-refractivity contribution in [3.05, 3.63) is 33.9 Å². The van der Waals surface area contributed by atoms with Crippen LogP contribution in [0.1, 0.15) is 37.4 Å². The molecule has 0 saturated carbocycles. The van der Waals surface area contributed by atoms with Gasteiger partial charge in [-0.15, -0.1) is 0 Å². The van der Waals surface area contributed by atoms with Gasteiger partial charge in [0, 0.05) is 18.3 Å². The fraction of sp³-hybridized carbons (Fsp3) is 0.500. The fourth-order valence-electron chi connectivity index (χ4n) is 2.65. The highest BCUT2D eigenvalue weighted by Gasteiger charge is 2.17. The summed E-state index contributed by atoms with van der Waals surface area (Å²) in [7, 11) is 0. The van der Waals surface area contributed by atoms with Crippen LogP contribution >= 0.6 is 0 Å². The molecule has 1 aliphatic rings. The number of hydrogen-bond acceptors (Lipinski definition) is 3. The van der Waals surface area contributed by atoms with E-state index >= 15 is 0 Å². The van der Waals surface area contributed by atoms with Gasteiger partial charge in [-0.25, -0.2) is 4.98 Å². The molecule has 3 rings (SSSR count). The van der Waals surface area contributed by atoms with E-state index in [1.807, 2.05) is 10.7 Å². The maximum Gasteiger partial charge on any atom is 0.254 e. The molecule has 1 aliphatic carbocycles. The topological polar surface area (TPSA) is 63.6 Å². The minimum Gasteiger partial charge on any atom is -0.305 e. The van der Waals surface area contributed by atoms with Crippen LogP contribution in [-0.2, 0) is 19.4 Å². The molecule has 0 aliphatic heterocycles. The zero-order chi connectivity index (χ0) is 13.2. The van der Waals surface area contributed by atoms with Gasteiger partial charge in [-0.1, -0.05) is 6.92 Å². The van der Waals surface area contributed by atoms with Gasteiger partial charge in [-0.05, 0) is 38.2 Å². The standard InChI is InChI=1S/C14H18N4O/c1-2-9-18-12(7-8-15-18)13-16-11-6-4-3-5-10(11)14(19)17-13/h7-8H,2-6,9H2,1H3,(H,16,17,19). The first-order valence-electron chi connectivity index (χ1n) is 6.94. The predicted molar refractivity (Wildman–Crippen MR) is 73.0 cm³/mol. The van der Waals surface area contributed by atoms with Gasteiger partial charge in [-0.2, -0.15) is 5.10 Å². The minimum absolute atomic E-state index is 0.0175. The Morgan fingerprint density at radius 2 is 2.21 bits per heavy atom. The lowest BCUT2D eigenvalue weighted by molar-refractivity contribution is 0.604. The van der Waals surface area contributed by atoms with Crippen molar-refractivity contribution in [2.24, 2.45) is 0 Å². The molecule has 0 radical (unpaired) electrons. The van der Waals surface area contributed by atoms with Crippen LogP contribution in [0.15, 0.2) is 17.1 Å². The second-order valence-corrected chi connectivity index (χ2v) is 4.99. The first-order chi connectivity index (χ1) is 9.29. The first-order valence-corrected chi connectivity index (χ1v) is 6.94. The molecule has 5 nitrogen and oxygen atoms in total. The van der Waals surface area contributed by atoms with E-state index in [-0.39, 0.29) is 5.56 Å². The number of aromatic nitrogens is 4. The fourth-order valence-corrected chi connectivity index (χ4v) is 2.65. The summed E-state index contributed by atoms with van der Waals surface area (Å²) in [5.74, 6) is 0.650. The second kappa shape index (κ2) is 4.99. The summed E-state index contributed by atoms with van der Waals surface area (Å²) in [6.45, 7) is 2.94. The summed E-state index contributed by atoms with van der Waals surface area (Å²) in [6.07, 6.45) is 6.73. The van der Waals surface area contributed by atoms with Gasteiger partial charge in [0.05, 0.1) is 5.69 Å². The number of aryl methyl sites for hydroxylation is 2. The molecule has 2 heterocycles. The van der Waals surface area contributed by atoms with Crippen molar-refractivity contribution in [2.45, 2.75) is 45.6 Å². The third-order valence-corrected chi connectivity index (χ3v) is 3.59. The third kappa shape index (κ3) is 2.20. The highest BCUT2D eigenvalue weighted by Crippen LogP contribution is 2.19. The molecule has 19 heavy (non-hydrogen) atoms. The SMILES string of the molecule is CCCn1nccc1-c1nc2c(c(=O)[nH]1)CCCC2. The molecule has 100 valence electrons. The van der Waals surface area contributed by atoms with Gasteiger partial charge >= 0.3 is 0 Å². The summed E-state index contributed by atoms with van der Waals surface area (Å²) in [4.78, 5) is 19.7. The van der Waals surface area contributed by atoms with Crippen molar-refractivity contribution < 1.29 is 0 Å². The summed E-state index contributed by atoms with van der Waals surface area (Å²) < 4.78 is 1.90. The average Bonchev–Trinajstić information content (AvgIpc) is 2.87. The Kier molecular flexibility index (Phi) is 3.19. The highest BCUT2D eigenvalue weighted by molar-refractivity contribution is 5.49. The second-order valence-electron chi connectivity index (χ2n) is 4.99. The normalized spacial score (nSPS) is 14.4. The van der Waals surface area contributed by atoms with Crippen LogP contribution in [0.25, 0.3) is 11.5 Å². The number of hydrogen-bond donors (Lipinski definition) is 1. The van der Waals surface area contributed by atoms with Crippen molar-refractivity contribution in [2.75, 3.05) is 0 Å². The number of fused-ring (bicyclic) bond motifs is 1. The summed E-state index contributed by atoms with van der Waals surface area (Å²) >= 11 is 0. The maximum atomic E-state index is 12.1. The molecule has 2 aromatic rings. The van der Waals surface area contributed by atoms with E-state index in [4.69, 9.17) is 0 Å². The van der Waals surface area contributed by atoms with E-state index in [9.17, 15) is 4.79 Å². The van der Waals surface area contributed by atoms with E-state index < -0.39 is 0 Å². The first kappa shape index (κ1) is 12.1. The van der Waals surface area contributed by atoms with Crippen LogP contribution in [0.4, 0.5) is 0 Å². The van der Waals surface area contributed by atoms with E-state index in [2.05, 4.69) is 22.0 Å². The average molecular weight is 258 g/mol. The van der Waals surface area contributed by atoms with Gasteiger partial charge in [0.1, 0.15) is 5.69 Å². The van der Waals surface area contributed by atoms with Crippen molar-refractivity contribution in [1.29, 1.82) is 0 Å². The highest BCUT2D eigenvalue weighted by atomic mass is 16.1. The summed E-state index contributed by atoms with van der Waals surface area (Å²) in [5, 5.41) is 4.28. The van der Waals surface area contributed by atoms with Crippen LogP contribution in [0.2, 0.25) is 0 Å². The molecule has 0 amide bonds. The Balaban J connectivity index is 2.08. The van der Waals surface area contributed by atoms with Crippen LogP contribution < -0.4 is 5.56 Å². The van der Waals surface area contributed by atoms with Gasteiger partial charge in [0.15, 0.2) is 5.82 Å². The molecule has 0 saturated heterocycles. The lowest BCUT2D eigenvalue weighted by Gasteiger charge is -2.14. The van der Waals surface area contributed by atoms with Gasteiger partial charge < -0.3 is 4.98 Å². The Labute approximate surface area is 111 Å². The van der Waals surface area contributed by atoms with Gasteiger partial charge in [0.2, 0.25) is 0 Å². The van der Waals surface area contributed by atoms with Gasteiger partial charge in [0.25, 0.3) is 5.56 Å². The zero-order valence-electron chi connectivity index (χ0n) is 11.1. The molecule has 1 N–H and O–H groups in total. The predicted octanol–water partition coefficient (Wildman–Crippen LogP) is 1.92. The Bertz CT molecular complexity index is 641. The van der Waals surface area contributed by atoms with E-state index in [0.29, 0.717) is 5.82 Å². The van der Waals surface area contributed by atoms with Crippen molar-refractivity contribution in [3.63, 3.8) is 0 Å². The lowest BCUT2D eigenvalue weighted by Crippen LogP contribution is -2.22. The van der Waals surface area contributed by atoms with Crippen molar-refractivity contribution in [1.82, 2.24) is 19.7 Å². The number of nitrogens with zero attached hydrogens (tertiary/aromatic N) is 3. The Morgan fingerprint density at radius 1 is 1.37 bits per heavy atom. The van der Waals surface area contributed by atoms with E-state index in [1.165, 1.54) is 0 Å². The van der Waals surface area contributed by atoms with Crippen LogP contribution in [0.5, 0.6) is 0 Å². The zero-order valence-corrected chi connectivity index (χ0v) is 11.1. The smallest absolute Gasteiger partial charge is 0.254 e. The van der Waals surface area contributed by atoms with Gasteiger partial charge in [-0.3, -0.25) is 9.48 Å². The van der Waals surface area contributed by atoms with Crippen LogP contribution in [0.3, 0.4) is 0 Å². The molecular formula is C14H18N4O. The molecule has 2 aromatic heterocycles. The van der Waals surface area contributed by atoms with E-state index in [1.54, 1.807) is 6.20 Å². The lowest BCUT2D eigenvalue weighted by atomic mass is 9.97. The number of aromatic amines is 1. The minimum atomic E-state index is 0.0175. The third-order valence-electron chi connectivity index (χ3n) is 3.59. The summed E-state index contributed by atoms with van der Waals surface area (Å²) in [5.41, 5.74) is 2.75. The molecule has 0 aromatic carbocycles. The van der Waals surface area contributed by atoms with Crippen LogP contribution in [-0.4, -0.2) is 19.7 Å². The Morgan fingerprint density at radius 3 is 3.05 bits per heavy atom. The van der Waals surface area contributed by atoms with Crippen molar-refractivity contribution >= 4 is 0 Å². The molecule has 5 heteroatoms. The molecule has 0 atom stereocenters. The number of nitrogens with one attached hydrogen (secondary N) is 1. The molecule has 0 bridgehead atoms. The molecule has 0 fully saturated rings. The molecule has 0 spiro atoms. The van der Waals surface area contributed by atoms with E-state index in [0.717, 1.165) is 55.6 Å². The molecular weight excluding hydrogens is 240 g/mol. The maximum absolute atomic E-state index is 12.1. The Hall–Kier alpha value is -1.91. The van der Waals surface area contributed by atoms with Crippen molar-refractivity contribution in [3.8, 4) is 11.5 Å². The largest absolute Gasteiger partial charge is 0.305 e. The number of rotatable bonds is 3.